The van der Waals surface area contributed by atoms with Crippen LogP contribution in [0.4, 0.5) is 0 Å². The van der Waals surface area contributed by atoms with Gasteiger partial charge in [0, 0.05) is 17.5 Å². The lowest BCUT2D eigenvalue weighted by Gasteiger charge is -2.29. The quantitative estimate of drug-likeness (QED) is 0.890. The van der Waals surface area contributed by atoms with Crippen LogP contribution in [0.15, 0.2) is 18.2 Å². The van der Waals surface area contributed by atoms with Gasteiger partial charge in [-0.1, -0.05) is 12.1 Å². The highest BCUT2D eigenvalue weighted by Gasteiger charge is 2.26. The van der Waals surface area contributed by atoms with Crippen molar-refractivity contribution in [1.29, 1.82) is 0 Å². The van der Waals surface area contributed by atoms with Crippen LogP contribution < -0.4 is 11.5 Å². The van der Waals surface area contributed by atoms with E-state index in [1.165, 1.54) is 11.1 Å². The molecule has 0 atom stereocenters. The molecule has 3 rings (SSSR count). The lowest BCUT2D eigenvalue weighted by molar-refractivity contribution is 0.0988. The molecule has 0 unspecified atom stereocenters. The molecule has 4 nitrogen and oxygen atoms in total. The number of aromatic nitrogens is 1. The van der Waals surface area contributed by atoms with Crippen LogP contribution in [-0.2, 0) is 0 Å². The number of rotatable bonds is 2. The topological polar surface area (TPSA) is 74.0 Å². The Hall–Kier alpha value is -1.81. The van der Waals surface area contributed by atoms with Crippen LogP contribution in [0, 0.1) is 13.8 Å². The van der Waals surface area contributed by atoms with Crippen LogP contribution in [-0.4, -0.2) is 16.5 Å². The van der Waals surface area contributed by atoms with E-state index in [1.54, 1.807) is 0 Å². The second-order valence-electron chi connectivity index (χ2n) is 6.29. The maximum absolute atomic E-state index is 11.9. The molecule has 2 aromatic rings. The molecule has 1 fully saturated rings. The smallest absolute Gasteiger partial charge is 0.265 e. The molecule has 0 radical (unpaired) electrons. The van der Waals surface area contributed by atoms with E-state index in [1.807, 2.05) is 6.07 Å². The number of carbonyl (C=O) groups excluding carboxylic acids is 1. The molecule has 0 aliphatic heterocycles. The number of nitrogens with zero attached hydrogens (tertiary/aromatic N) is 1. The maximum atomic E-state index is 11.9. The van der Waals surface area contributed by atoms with Crippen LogP contribution in [0.1, 0.15) is 53.3 Å². The van der Waals surface area contributed by atoms with Crippen molar-refractivity contribution in [2.45, 2.75) is 51.6 Å². The monoisotopic (exact) mass is 285 g/mol. The number of fused-ring (bicyclic) bond motifs is 1. The van der Waals surface area contributed by atoms with Gasteiger partial charge in [0.1, 0.15) is 5.69 Å². The molecule has 1 heterocycles. The fourth-order valence-electron chi connectivity index (χ4n) is 3.58. The first kappa shape index (κ1) is 14.1. The van der Waals surface area contributed by atoms with Crippen LogP contribution >= 0.6 is 0 Å². The molecule has 4 N–H and O–H groups in total. The average molecular weight is 285 g/mol. The molecule has 1 aliphatic rings. The fourth-order valence-corrected chi connectivity index (χ4v) is 3.58. The average Bonchev–Trinajstić information content (AvgIpc) is 2.86. The molecule has 0 spiro atoms. The van der Waals surface area contributed by atoms with Gasteiger partial charge in [0.25, 0.3) is 5.91 Å². The molecule has 1 aromatic carbocycles. The summed E-state index contributed by atoms with van der Waals surface area (Å²) in [5.41, 5.74) is 15.8. The zero-order valence-electron chi connectivity index (χ0n) is 12.7. The first-order valence-corrected chi connectivity index (χ1v) is 7.65. The Morgan fingerprint density at radius 2 is 1.76 bits per heavy atom. The van der Waals surface area contributed by atoms with Crippen molar-refractivity contribution in [1.82, 2.24) is 4.57 Å². The van der Waals surface area contributed by atoms with Gasteiger partial charge in [-0.2, -0.15) is 0 Å². The summed E-state index contributed by atoms with van der Waals surface area (Å²) < 4.78 is 2.17. The number of aryl methyl sites for hydroxylation is 2. The van der Waals surface area contributed by atoms with Gasteiger partial charge in [0.2, 0.25) is 0 Å². The molecule has 0 saturated heterocycles. The Kier molecular flexibility index (Phi) is 3.49. The zero-order chi connectivity index (χ0) is 15.1. The maximum Gasteiger partial charge on any atom is 0.265 e. The van der Waals surface area contributed by atoms with Crippen LogP contribution in [0.2, 0.25) is 0 Å². The Labute approximate surface area is 125 Å². The number of hydrogen-bond acceptors (Lipinski definition) is 2. The summed E-state index contributed by atoms with van der Waals surface area (Å²) in [4.78, 5) is 11.9. The lowest BCUT2D eigenvalue weighted by Crippen LogP contribution is -2.29. The summed E-state index contributed by atoms with van der Waals surface area (Å²) >= 11 is 0. The minimum absolute atomic E-state index is 0.294. The Balaban J connectivity index is 2.21. The summed E-state index contributed by atoms with van der Waals surface area (Å²) in [7, 11) is 0. The first-order valence-electron chi connectivity index (χ1n) is 7.65. The molecular weight excluding hydrogens is 262 g/mol. The summed E-state index contributed by atoms with van der Waals surface area (Å²) in [5, 5.41) is 1.14. The largest absolute Gasteiger partial charge is 0.364 e. The van der Waals surface area contributed by atoms with Crippen molar-refractivity contribution < 1.29 is 4.79 Å². The predicted octanol–water partition coefficient (Wildman–Crippen LogP) is 2.80. The van der Waals surface area contributed by atoms with Crippen molar-refractivity contribution in [3.05, 3.63) is 35.0 Å². The highest BCUT2D eigenvalue weighted by atomic mass is 16.1. The SMILES string of the molecule is Cc1ccc(C)c2c1cc(C(N)=O)n2C1CCC(N)CC1. The van der Waals surface area contributed by atoms with Gasteiger partial charge in [-0.3, -0.25) is 4.79 Å². The van der Waals surface area contributed by atoms with E-state index >= 15 is 0 Å². The number of carbonyl (C=O) groups is 1. The molecule has 1 aliphatic carbocycles. The van der Waals surface area contributed by atoms with Gasteiger partial charge >= 0.3 is 0 Å². The Morgan fingerprint density at radius 3 is 2.38 bits per heavy atom. The molecule has 1 aromatic heterocycles. The third-order valence-corrected chi connectivity index (χ3v) is 4.78. The Morgan fingerprint density at radius 1 is 1.14 bits per heavy atom. The third kappa shape index (κ3) is 2.33. The van der Waals surface area contributed by atoms with Crippen molar-refractivity contribution in [2.75, 3.05) is 0 Å². The molecule has 1 saturated carbocycles. The molecule has 1 amide bonds. The highest BCUT2D eigenvalue weighted by molar-refractivity contribution is 5.99. The molecule has 112 valence electrons. The van der Waals surface area contributed by atoms with E-state index in [0.717, 1.165) is 36.6 Å². The number of primary amides is 1. The molecule has 0 bridgehead atoms. The lowest BCUT2D eigenvalue weighted by atomic mass is 9.91. The molecule has 4 heteroatoms. The van der Waals surface area contributed by atoms with Gasteiger partial charge in [0.05, 0.1) is 5.52 Å². The van der Waals surface area contributed by atoms with E-state index in [4.69, 9.17) is 11.5 Å². The van der Waals surface area contributed by atoms with Crippen molar-refractivity contribution in [3.8, 4) is 0 Å². The normalized spacial score (nSPS) is 22.6. The van der Waals surface area contributed by atoms with E-state index in [2.05, 4.69) is 30.5 Å². The van der Waals surface area contributed by atoms with Crippen LogP contribution in [0.25, 0.3) is 10.9 Å². The summed E-state index contributed by atoms with van der Waals surface area (Å²) in [6.07, 6.45) is 4.04. The van der Waals surface area contributed by atoms with Crippen molar-refractivity contribution >= 4 is 16.8 Å². The van der Waals surface area contributed by atoms with Crippen molar-refractivity contribution in [2.24, 2.45) is 11.5 Å². The fraction of sp³-hybridized carbons (Fsp3) is 0.471. The number of hydrogen-bond donors (Lipinski definition) is 2. The van der Waals surface area contributed by atoms with E-state index in [0.29, 0.717) is 17.8 Å². The van der Waals surface area contributed by atoms with Gasteiger partial charge < -0.3 is 16.0 Å². The standard InChI is InChI=1S/C17H23N3O/c1-10-3-4-11(2)16-14(10)9-15(17(19)21)20(16)13-7-5-12(18)6-8-13/h3-4,9,12-13H,5-8,18H2,1-2H3,(H2,19,21). The minimum Gasteiger partial charge on any atom is -0.364 e. The minimum atomic E-state index is -0.347. The summed E-state index contributed by atoms with van der Waals surface area (Å²) in [6.45, 7) is 4.17. The number of amides is 1. The molecule has 21 heavy (non-hydrogen) atoms. The van der Waals surface area contributed by atoms with E-state index in [-0.39, 0.29) is 5.91 Å². The van der Waals surface area contributed by atoms with Crippen LogP contribution in [0.5, 0.6) is 0 Å². The van der Waals surface area contributed by atoms with Crippen molar-refractivity contribution in [3.63, 3.8) is 0 Å². The van der Waals surface area contributed by atoms with E-state index < -0.39 is 0 Å². The third-order valence-electron chi connectivity index (χ3n) is 4.78. The predicted molar refractivity (Wildman–Crippen MR) is 85.4 cm³/mol. The van der Waals surface area contributed by atoms with E-state index in [9.17, 15) is 4.79 Å². The van der Waals surface area contributed by atoms with Gasteiger partial charge in [-0.15, -0.1) is 0 Å². The van der Waals surface area contributed by atoms with Gasteiger partial charge in [0.15, 0.2) is 0 Å². The highest BCUT2D eigenvalue weighted by Crippen LogP contribution is 2.35. The number of nitrogens with two attached hydrogens (primary N) is 2. The Bertz CT molecular complexity index is 694. The first-order chi connectivity index (χ1) is 9.99. The molecular formula is C17H23N3O. The second kappa shape index (κ2) is 5.19. The van der Waals surface area contributed by atoms with Gasteiger partial charge in [-0.05, 0) is 56.7 Å². The second-order valence-corrected chi connectivity index (χ2v) is 6.29. The summed E-state index contributed by atoms with van der Waals surface area (Å²) in [6, 6.07) is 6.79. The zero-order valence-corrected chi connectivity index (χ0v) is 12.7. The number of benzene rings is 1. The van der Waals surface area contributed by atoms with Gasteiger partial charge in [-0.25, -0.2) is 0 Å². The summed E-state index contributed by atoms with van der Waals surface area (Å²) in [5.74, 6) is -0.347. The van der Waals surface area contributed by atoms with Crippen LogP contribution in [0.3, 0.4) is 0 Å².